The molecule has 2 aromatic rings. The maximum Gasteiger partial charge on any atom is 0.338 e. The van der Waals surface area contributed by atoms with Gasteiger partial charge in [0.15, 0.2) is 6.10 Å². The molecule has 2 rings (SSSR count). The van der Waals surface area contributed by atoms with E-state index in [0.29, 0.717) is 17.7 Å². The maximum absolute atomic E-state index is 12.5. The minimum Gasteiger partial charge on any atom is -0.449 e. The number of nitriles is 1. The van der Waals surface area contributed by atoms with E-state index >= 15 is 0 Å². The molecule has 0 unspecified atom stereocenters. The number of carbonyl (C=O) groups is 2. The molecule has 1 atom stereocenters. The normalized spacial score (nSPS) is 11.2. The van der Waals surface area contributed by atoms with E-state index in [0.717, 1.165) is 5.69 Å². The first-order valence-corrected chi connectivity index (χ1v) is 7.64. The second kappa shape index (κ2) is 7.93. The lowest BCUT2D eigenvalue weighted by molar-refractivity contribution is -0.126. The predicted octanol–water partition coefficient (Wildman–Crippen LogP) is 3.16. The van der Waals surface area contributed by atoms with E-state index in [-0.39, 0.29) is 5.91 Å². The fraction of sp³-hybridized carbons (Fsp3) is 0.211. The number of amides is 1. The van der Waals surface area contributed by atoms with E-state index in [4.69, 9.17) is 10.00 Å². The second-order valence-corrected chi connectivity index (χ2v) is 5.15. The van der Waals surface area contributed by atoms with Crippen molar-refractivity contribution in [2.45, 2.75) is 20.0 Å². The van der Waals surface area contributed by atoms with Gasteiger partial charge < -0.3 is 9.64 Å². The molecule has 1 amide bonds. The van der Waals surface area contributed by atoms with E-state index in [2.05, 4.69) is 0 Å². The molecule has 0 spiro atoms. The van der Waals surface area contributed by atoms with Crippen molar-refractivity contribution in [3.8, 4) is 6.07 Å². The van der Waals surface area contributed by atoms with Crippen LogP contribution < -0.4 is 4.90 Å². The standard InChI is InChI=1S/C19H18N2O3/c1-3-21(17-7-5-4-6-8-17)18(22)14(2)24-19(23)16-11-9-15(13-20)10-12-16/h4-12,14H,3H2,1-2H3/t14-/m0/s1. The third kappa shape index (κ3) is 3.99. The van der Waals surface area contributed by atoms with Crippen LogP contribution in [0.5, 0.6) is 0 Å². The summed E-state index contributed by atoms with van der Waals surface area (Å²) >= 11 is 0. The molecule has 2 aromatic carbocycles. The molecule has 0 saturated heterocycles. The summed E-state index contributed by atoms with van der Waals surface area (Å²) in [6, 6.07) is 17.3. The van der Waals surface area contributed by atoms with Gasteiger partial charge in [-0.3, -0.25) is 4.79 Å². The minimum atomic E-state index is -0.909. The number of hydrogen-bond donors (Lipinski definition) is 0. The van der Waals surface area contributed by atoms with E-state index < -0.39 is 12.1 Å². The van der Waals surface area contributed by atoms with Crippen LogP contribution >= 0.6 is 0 Å². The van der Waals surface area contributed by atoms with Gasteiger partial charge in [-0.05, 0) is 50.2 Å². The fourth-order valence-electron chi connectivity index (χ4n) is 2.25. The molecule has 0 N–H and O–H groups in total. The summed E-state index contributed by atoms with van der Waals surface area (Å²) in [6.45, 7) is 3.89. The Balaban J connectivity index is 2.07. The van der Waals surface area contributed by atoms with Crippen LogP contribution in [0.25, 0.3) is 0 Å². The second-order valence-electron chi connectivity index (χ2n) is 5.15. The molecule has 0 saturated carbocycles. The monoisotopic (exact) mass is 322 g/mol. The highest BCUT2D eigenvalue weighted by molar-refractivity contribution is 5.99. The van der Waals surface area contributed by atoms with Crippen LogP contribution in [0.3, 0.4) is 0 Å². The zero-order chi connectivity index (χ0) is 17.5. The molecule has 0 bridgehead atoms. The Hall–Kier alpha value is -3.13. The quantitative estimate of drug-likeness (QED) is 0.793. The van der Waals surface area contributed by atoms with Gasteiger partial charge in [-0.25, -0.2) is 4.79 Å². The number of benzene rings is 2. The van der Waals surface area contributed by atoms with Crippen LogP contribution in [0.15, 0.2) is 54.6 Å². The highest BCUT2D eigenvalue weighted by Crippen LogP contribution is 2.16. The highest BCUT2D eigenvalue weighted by atomic mass is 16.5. The van der Waals surface area contributed by atoms with Crippen molar-refractivity contribution < 1.29 is 14.3 Å². The fourth-order valence-corrected chi connectivity index (χ4v) is 2.25. The lowest BCUT2D eigenvalue weighted by atomic mass is 10.1. The van der Waals surface area contributed by atoms with E-state index in [1.54, 1.807) is 11.8 Å². The van der Waals surface area contributed by atoms with E-state index in [1.807, 2.05) is 43.3 Å². The number of para-hydroxylation sites is 1. The summed E-state index contributed by atoms with van der Waals surface area (Å²) in [5, 5.41) is 8.77. The molecule has 0 aromatic heterocycles. The summed E-state index contributed by atoms with van der Waals surface area (Å²) in [5.41, 5.74) is 1.51. The first-order valence-electron chi connectivity index (χ1n) is 7.64. The molecular weight excluding hydrogens is 304 g/mol. The minimum absolute atomic E-state index is 0.286. The van der Waals surface area contributed by atoms with Crippen LogP contribution in [0.4, 0.5) is 5.69 Å². The Morgan fingerprint density at radius 3 is 2.29 bits per heavy atom. The first-order chi connectivity index (χ1) is 11.6. The Morgan fingerprint density at radius 2 is 1.75 bits per heavy atom. The largest absolute Gasteiger partial charge is 0.449 e. The molecule has 5 nitrogen and oxygen atoms in total. The summed E-state index contributed by atoms with van der Waals surface area (Å²) in [5.74, 6) is -0.879. The van der Waals surface area contributed by atoms with Crippen LogP contribution in [0, 0.1) is 11.3 Å². The van der Waals surface area contributed by atoms with E-state index in [1.165, 1.54) is 24.3 Å². The molecule has 0 heterocycles. The van der Waals surface area contributed by atoms with Gasteiger partial charge in [-0.1, -0.05) is 18.2 Å². The third-order valence-corrected chi connectivity index (χ3v) is 3.53. The first kappa shape index (κ1) is 17.2. The van der Waals surface area contributed by atoms with Crippen molar-refractivity contribution in [3.63, 3.8) is 0 Å². The number of likely N-dealkylation sites (N-methyl/N-ethyl adjacent to an activating group) is 1. The number of ether oxygens (including phenoxy) is 1. The number of hydrogen-bond acceptors (Lipinski definition) is 4. The van der Waals surface area contributed by atoms with Gasteiger partial charge in [0.05, 0.1) is 17.2 Å². The number of anilines is 1. The molecule has 122 valence electrons. The Bertz CT molecular complexity index is 748. The molecule has 0 aliphatic rings. The van der Waals surface area contributed by atoms with Crippen molar-refractivity contribution in [1.29, 1.82) is 5.26 Å². The molecule has 5 heteroatoms. The van der Waals surface area contributed by atoms with Crippen LogP contribution in [-0.2, 0) is 9.53 Å². The number of carbonyl (C=O) groups excluding carboxylic acids is 2. The smallest absolute Gasteiger partial charge is 0.338 e. The SMILES string of the molecule is CCN(C(=O)[C@H](C)OC(=O)c1ccc(C#N)cc1)c1ccccc1. The average Bonchev–Trinajstić information content (AvgIpc) is 2.63. The molecule has 0 radical (unpaired) electrons. The molecule has 24 heavy (non-hydrogen) atoms. The summed E-state index contributed by atoms with van der Waals surface area (Å²) < 4.78 is 5.26. The third-order valence-electron chi connectivity index (χ3n) is 3.53. The van der Waals surface area contributed by atoms with Gasteiger partial charge in [0.25, 0.3) is 5.91 Å². The van der Waals surface area contributed by atoms with Gasteiger partial charge in [0.1, 0.15) is 0 Å². The zero-order valence-corrected chi connectivity index (χ0v) is 13.6. The molecule has 0 fully saturated rings. The lowest BCUT2D eigenvalue weighted by Gasteiger charge is -2.24. The van der Waals surface area contributed by atoms with Gasteiger partial charge >= 0.3 is 5.97 Å². The zero-order valence-electron chi connectivity index (χ0n) is 13.6. The van der Waals surface area contributed by atoms with Crippen LogP contribution in [0.2, 0.25) is 0 Å². The Labute approximate surface area is 141 Å². The number of nitrogens with zero attached hydrogens (tertiary/aromatic N) is 2. The summed E-state index contributed by atoms with van der Waals surface area (Å²) in [4.78, 5) is 26.2. The van der Waals surface area contributed by atoms with Crippen molar-refractivity contribution in [2.75, 3.05) is 11.4 Å². The van der Waals surface area contributed by atoms with Crippen molar-refractivity contribution in [3.05, 3.63) is 65.7 Å². The van der Waals surface area contributed by atoms with Crippen molar-refractivity contribution in [1.82, 2.24) is 0 Å². The number of rotatable bonds is 5. The van der Waals surface area contributed by atoms with Gasteiger partial charge in [-0.15, -0.1) is 0 Å². The van der Waals surface area contributed by atoms with Crippen LogP contribution in [-0.4, -0.2) is 24.5 Å². The average molecular weight is 322 g/mol. The van der Waals surface area contributed by atoms with Crippen LogP contribution in [0.1, 0.15) is 29.8 Å². The Kier molecular flexibility index (Phi) is 5.69. The van der Waals surface area contributed by atoms with Crippen molar-refractivity contribution in [2.24, 2.45) is 0 Å². The topological polar surface area (TPSA) is 70.4 Å². The van der Waals surface area contributed by atoms with E-state index in [9.17, 15) is 9.59 Å². The summed E-state index contributed by atoms with van der Waals surface area (Å²) in [7, 11) is 0. The highest BCUT2D eigenvalue weighted by Gasteiger charge is 2.24. The lowest BCUT2D eigenvalue weighted by Crippen LogP contribution is -2.40. The summed E-state index contributed by atoms with van der Waals surface area (Å²) in [6.07, 6.45) is -0.909. The maximum atomic E-state index is 12.5. The molecule has 0 aliphatic heterocycles. The molecular formula is C19H18N2O3. The van der Waals surface area contributed by atoms with Gasteiger partial charge in [-0.2, -0.15) is 5.26 Å². The van der Waals surface area contributed by atoms with Crippen molar-refractivity contribution >= 4 is 17.6 Å². The van der Waals surface area contributed by atoms with Gasteiger partial charge in [0, 0.05) is 12.2 Å². The Morgan fingerprint density at radius 1 is 1.12 bits per heavy atom. The number of esters is 1. The molecule has 0 aliphatic carbocycles. The van der Waals surface area contributed by atoms with Gasteiger partial charge in [0.2, 0.25) is 0 Å². The predicted molar refractivity (Wildman–Crippen MR) is 90.5 cm³/mol.